The van der Waals surface area contributed by atoms with Crippen LogP contribution in [0.2, 0.25) is 0 Å². The molecule has 9 heteroatoms. The van der Waals surface area contributed by atoms with Gasteiger partial charge in [-0.25, -0.2) is 4.98 Å². The van der Waals surface area contributed by atoms with Crippen LogP contribution in [0.3, 0.4) is 0 Å². The van der Waals surface area contributed by atoms with Crippen LogP contribution in [0.15, 0.2) is 58.1 Å². The molecule has 0 unspecified atom stereocenters. The number of carbonyl (C=O) groups excluding carboxylic acids is 2. The topological polar surface area (TPSA) is 84.7 Å². The number of amides is 2. The lowest BCUT2D eigenvalue weighted by molar-refractivity contribution is -0.139. The molecule has 2 aromatic carbocycles. The molecule has 4 rings (SSSR count). The number of benzene rings is 2. The minimum atomic E-state index is -0.253. The highest BCUT2D eigenvalue weighted by Gasteiger charge is 2.24. The Bertz CT molecular complexity index is 1220. The van der Waals surface area contributed by atoms with Crippen LogP contribution in [-0.2, 0) is 22.6 Å². The Morgan fingerprint density at radius 1 is 1.03 bits per heavy atom. The van der Waals surface area contributed by atoms with Crippen molar-refractivity contribution in [3.8, 4) is 5.75 Å². The molecule has 1 aliphatic rings. The maximum Gasteiger partial charge on any atom is 0.261 e. The average molecular weight is 499 g/mol. The van der Waals surface area contributed by atoms with Crippen molar-refractivity contribution in [3.63, 3.8) is 0 Å². The molecule has 1 aromatic heterocycles. The molecule has 0 aliphatic carbocycles. The van der Waals surface area contributed by atoms with Crippen molar-refractivity contribution in [1.82, 2.24) is 19.4 Å². The first-order valence-electron chi connectivity index (χ1n) is 10.3. The van der Waals surface area contributed by atoms with E-state index in [2.05, 4.69) is 20.9 Å². The van der Waals surface area contributed by atoms with Crippen LogP contribution in [0.5, 0.6) is 5.75 Å². The third kappa shape index (κ3) is 4.83. The second kappa shape index (κ2) is 9.52. The number of fused-ring (bicyclic) bond motifs is 1. The van der Waals surface area contributed by atoms with Gasteiger partial charge in [-0.1, -0.05) is 28.1 Å². The second-order valence-electron chi connectivity index (χ2n) is 7.63. The number of ether oxygens (including phenoxy) is 1. The monoisotopic (exact) mass is 498 g/mol. The molecule has 1 fully saturated rings. The zero-order valence-electron chi connectivity index (χ0n) is 17.7. The summed E-state index contributed by atoms with van der Waals surface area (Å²) in [7, 11) is 1.60. The molecular weight excluding hydrogens is 476 g/mol. The summed E-state index contributed by atoms with van der Waals surface area (Å²) in [4.78, 5) is 45.9. The Labute approximate surface area is 193 Å². The van der Waals surface area contributed by atoms with Gasteiger partial charge in [-0.2, -0.15) is 0 Å². The van der Waals surface area contributed by atoms with Gasteiger partial charge in [-0.15, -0.1) is 0 Å². The van der Waals surface area contributed by atoms with Crippen molar-refractivity contribution in [2.24, 2.45) is 0 Å². The van der Waals surface area contributed by atoms with E-state index in [1.807, 2.05) is 30.3 Å². The predicted molar refractivity (Wildman–Crippen MR) is 124 cm³/mol. The smallest absolute Gasteiger partial charge is 0.261 e. The molecular formula is C23H23BrN4O4. The highest BCUT2D eigenvalue weighted by atomic mass is 79.9. The number of hydrogen-bond acceptors (Lipinski definition) is 5. The number of halogens is 1. The third-order valence-electron chi connectivity index (χ3n) is 5.57. The van der Waals surface area contributed by atoms with Crippen LogP contribution in [0, 0.1) is 0 Å². The molecule has 1 saturated heterocycles. The SMILES string of the molecule is COc1cccc(CC(=O)N2CCN(C(=O)Cn3cnc4ccc(Br)cc4c3=O)CC2)c1. The molecule has 3 aromatic rings. The van der Waals surface area contributed by atoms with E-state index in [9.17, 15) is 14.4 Å². The largest absolute Gasteiger partial charge is 0.497 e. The Morgan fingerprint density at radius 3 is 2.47 bits per heavy atom. The van der Waals surface area contributed by atoms with Crippen molar-refractivity contribution < 1.29 is 14.3 Å². The van der Waals surface area contributed by atoms with E-state index in [1.54, 1.807) is 29.0 Å². The molecule has 0 spiro atoms. The summed E-state index contributed by atoms with van der Waals surface area (Å²) in [5, 5.41) is 0.461. The molecule has 0 saturated carbocycles. The van der Waals surface area contributed by atoms with E-state index in [4.69, 9.17) is 4.74 Å². The Kier molecular flexibility index (Phi) is 6.55. The quantitative estimate of drug-likeness (QED) is 0.537. The van der Waals surface area contributed by atoms with Gasteiger partial charge in [0.25, 0.3) is 5.56 Å². The second-order valence-corrected chi connectivity index (χ2v) is 8.54. The summed E-state index contributed by atoms with van der Waals surface area (Å²) in [5.74, 6) is 0.575. The summed E-state index contributed by atoms with van der Waals surface area (Å²) in [6.45, 7) is 1.72. The van der Waals surface area contributed by atoms with Gasteiger partial charge in [-0.3, -0.25) is 19.0 Å². The summed E-state index contributed by atoms with van der Waals surface area (Å²) in [6, 6.07) is 12.7. The number of nitrogens with zero attached hydrogens (tertiary/aromatic N) is 4. The fourth-order valence-electron chi connectivity index (χ4n) is 3.76. The number of aromatic nitrogens is 2. The molecule has 1 aliphatic heterocycles. The van der Waals surface area contributed by atoms with Gasteiger partial charge in [0, 0.05) is 30.7 Å². The van der Waals surface area contributed by atoms with E-state index in [-0.39, 0.29) is 23.9 Å². The maximum atomic E-state index is 12.8. The highest BCUT2D eigenvalue weighted by molar-refractivity contribution is 9.10. The average Bonchev–Trinajstić information content (AvgIpc) is 2.81. The molecule has 2 amide bonds. The molecule has 166 valence electrons. The van der Waals surface area contributed by atoms with E-state index in [1.165, 1.54) is 10.9 Å². The van der Waals surface area contributed by atoms with Gasteiger partial charge >= 0.3 is 0 Å². The van der Waals surface area contributed by atoms with Crippen molar-refractivity contribution in [3.05, 3.63) is 69.2 Å². The lowest BCUT2D eigenvalue weighted by Crippen LogP contribution is -2.52. The normalized spacial score (nSPS) is 13.9. The minimum Gasteiger partial charge on any atom is -0.497 e. The molecule has 32 heavy (non-hydrogen) atoms. The molecule has 2 heterocycles. The van der Waals surface area contributed by atoms with Crippen LogP contribution >= 0.6 is 15.9 Å². The lowest BCUT2D eigenvalue weighted by Gasteiger charge is -2.35. The van der Waals surface area contributed by atoms with E-state index < -0.39 is 0 Å². The van der Waals surface area contributed by atoms with Gasteiger partial charge in [0.15, 0.2) is 0 Å². The lowest BCUT2D eigenvalue weighted by atomic mass is 10.1. The fourth-order valence-corrected chi connectivity index (χ4v) is 4.12. The number of hydrogen-bond donors (Lipinski definition) is 0. The summed E-state index contributed by atoms with van der Waals surface area (Å²) >= 11 is 3.36. The standard InChI is InChI=1S/C23H23BrN4O4/c1-32-18-4-2-3-16(11-18)12-21(29)26-7-9-27(10-8-26)22(30)14-28-15-25-20-6-5-17(24)13-19(20)23(28)31/h2-6,11,13,15H,7-10,12,14H2,1H3. The van der Waals surface area contributed by atoms with Crippen molar-refractivity contribution in [2.45, 2.75) is 13.0 Å². The number of carbonyl (C=O) groups is 2. The zero-order chi connectivity index (χ0) is 22.7. The van der Waals surface area contributed by atoms with E-state index in [0.29, 0.717) is 43.5 Å². The van der Waals surface area contributed by atoms with Gasteiger partial charge < -0.3 is 14.5 Å². The van der Waals surface area contributed by atoms with Gasteiger partial charge in [0.05, 0.1) is 30.8 Å². The van der Waals surface area contributed by atoms with Crippen molar-refractivity contribution in [2.75, 3.05) is 33.3 Å². The van der Waals surface area contributed by atoms with Crippen molar-refractivity contribution >= 4 is 38.6 Å². The maximum absolute atomic E-state index is 12.8. The fraction of sp³-hybridized carbons (Fsp3) is 0.304. The first-order chi connectivity index (χ1) is 15.4. The van der Waals surface area contributed by atoms with Crippen LogP contribution in [0.4, 0.5) is 0 Å². The minimum absolute atomic E-state index is 0.0193. The third-order valence-corrected chi connectivity index (χ3v) is 6.06. The Balaban J connectivity index is 1.35. The van der Waals surface area contributed by atoms with Crippen LogP contribution in [-0.4, -0.2) is 64.5 Å². The Hall–Kier alpha value is -3.20. The van der Waals surface area contributed by atoms with Gasteiger partial charge in [0.1, 0.15) is 12.3 Å². The van der Waals surface area contributed by atoms with Gasteiger partial charge in [0.2, 0.25) is 11.8 Å². The van der Waals surface area contributed by atoms with Crippen LogP contribution in [0.1, 0.15) is 5.56 Å². The van der Waals surface area contributed by atoms with Crippen LogP contribution < -0.4 is 10.3 Å². The molecule has 0 radical (unpaired) electrons. The number of piperazine rings is 1. The first kappa shape index (κ1) is 22.0. The number of rotatable bonds is 5. The first-order valence-corrected chi connectivity index (χ1v) is 11.1. The van der Waals surface area contributed by atoms with Crippen LogP contribution in [0.25, 0.3) is 10.9 Å². The highest BCUT2D eigenvalue weighted by Crippen LogP contribution is 2.16. The van der Waals surface area contributed by atoms with Gasteiger partial charge in [-0.05, 0) is 35.9 Å². The summed E-state index contributed by atoms with van der Waals surface area (Å²) in [6.07, 6.45) is 1.70. The predicted octanol–water partition coefficient (Wildman–Crippen LogP) is 2.08. The van der Waals surface area contributed by atoms with E-state index >= 15 is 0 Å². The van der Waals surface area contributed by atoms with Crippen molar-refractivity contribution in [1.29, 1.82) is 0 Å². The molecule has 0 atom stereocenters. The number of methoxy groups -OCH3 is 1. The van der Waals surface area contributed by atoms with E-state index in [0.717, 1.165) is 15.8 Å². The summed E-state index contributed by atoms with van der Waals surface area (Å²) in [5.41, 5.74) is 1.23. The zero-order valence-corrected chi connectivity index (χ0v) is 19.2. The molecule has 0 N–H and O–H groups in total. The molecule has 8 nitrogen and oxygen atoms in total. The molecule has 0 bridgehead atoms. The summed E-state index contributed by atoms with van der Waals surface area (Å²) < 4.78 is 7.32. The Morgan fingerprint density at radius 2 is 1.75 bits per heavy atom.